The molecule has 53 valence electrons. The van der Waals surface area contributed by atoms with Crippen LogP contribution in [0.1, 0.15) is 0 Å². The van der Waals surface area contributed by atoms with Gasteiger partial charge in [0.15, 0.2) is 0 Å². The highest BCUT2D eigenvalue weighted by Gasteiger charge is 1.98. The fourth-order valence-electron chi connectivity index (χ4n) is 0.815. The van der Waals surface area contributed by atoms with Crippen LogP contribution < -0.4 is 0 Å². The van der Waals surface area contributed by atoms with Crippen molar-refractivity contribution in [1.82, 2.24) is 9.97 Å². The van der Waals surface area contributed by atoms with E-state index in [0.717, 1.165) is 5.56 Å². The van der Waals surface area contributed by atoms with Crippen molar-refractivity contribution in [3.8, 4) is 11.5 Å². The quantitative estimate of drug-likeness (QED) is 0.610. The van der Waals surface area contributed by atoms with Crippen LogP contribution in [0, 0.1) is 6.20 Å². The minimum absolute atomic E-state index is 0.601. The molecule has 11 heavy (non-hydrogen) atoms. The summed E-state index contributed by atoms with van der Waals surface area (Å²) in [6.07, 6.45) is 7.50. The molecule has 2 heterocycles. The first-order valence-electron chi connectivity index (χ1n) is 3.19. The molecule has 0 amide bonds. The SMILES string of the molecule is [c]1cc(-c2ncco2)ccn1. The van der Waals surface area contributed by atoms with Gasteiger partial charge in [0.1, 0.15) is 6.26 Å². The highest BCUT2D eigenvalue weighted by atomic mass is 16.3. The number of oxazole rings is 1. The summed E-state index contributed by atoms with van der Waals surface area (Å²) < 4.78 is 5.06. The van der Waals surface area contributed by atoms with Crippen molar-refractivity contribution in [2.75, 3.05) is 0 Å². The molecule has 0 saturated carbocycles. The summed E-state index contributed by atoms with van der Waals surface area (Å²) in [4.78, 5) is 7.73. The van der Waals surface area contributed by atoms with E-state index < -0.39 is 0 Å². The van der Waals surface area contributed by atoms with E-state index in [2.05, 4.69) is 16.2 Å². The van der Waals surface area contributed by atoms with Gasteiger partial charge in [-0.3, -0.25) is 4.98 Å². The highest BCUT2D eigenvalue weighted by molar-refractivity contribution is 5.50. The first-order valence-corrected chi connectivity index (χ1v) is 3.19. The van der Waals surface area contributed by atoms with Gasteiger partial charge in [0.2, 0.25) is 5.89 Å². The van der Waals surface area contributed by atoms with Gasteiger partial charge in [-0.25, -0.2) is 4.98 Å². The van der Waals surface area contributed by atoms with Crippen LogP contribution in [0.25, 0.3) is 11.5 Å². The summed E-state index contributed by atoms with van der Waals surface area (Å²) in [5.74, 6) is 0.601. The van der Waals surface area contributed by atoms with Crippen molar-refractivity contribution in [2.45, 2.75) is 0 Å². The summed E-state index contributed by atoms with van der Waals surface area (Å²) in [5.41, 5.74) is 0.894. The lowest BCUT2D eigenvalue weighted by atomic mass is 10.3. The minimum Gasteiger partial charge on any atom is -0.445 e. The Morgan fingerprint density at radius 2 is 2.36 bits per heavy atom. The van der Waals surface area contributed by atoms with E-state index in [9.17, 15) is 0 Å². The molecule has 0 unspecified atom stereocenters. The molecule has 0 bridgehead atoms. The molecule has 2 aromatic rings. The van der Waals surface area contributed by atoms with E-state index in [4.69, 9.17) is 4.42 Å². The van der Waals surface area contributed by atoms with Gasteiger partial charge in [0.05, 0.1) is 12.4 Å². The smallest absolute Gasteiger partial charge is 0.225 e. The van der Waals surface area contributed by atoms with Crippen LogP contribution in [-0.4, -0.2) is 9.97 Å². The van der Waals surface area contributed by atoms with Crippen LogP contribution in [0.4, 0.5) is 0 Å². The maximum absolute atomic E-state index is 5.06. The molecule has 0 saturated heterocycles. The lowest BCUT2D eigenvalue weighted by Gasteiger charge is -1.90. The zero-order valence-corrected chi connectivity index (χ0v) is 5.69. The molecule has 0 aromatic carbocycles. The van der Waals surface area contributed by atoms with E-state index in [-0.39, 0.29) is 0 Å². The van der Waals surface area contributed by atoms with Crippen LogP contribution in [0.3, 0.4) is 0 Å². The first kappa shape index (κ1) is 6.09. The molecule has 0 atom stereocenters. The lowest BCUT2D eigenvalue weighted by molar-refractivity contribution is 0.574. The van der Waals surface area contributed by atoms with Gasteiger partial charge in [-0.2, -0.15) is 0 Å². The Hall–Kier alpha value is -1.64. The molecular weight excluding hydrogens is 140 g/mol. The van der Waals surface area contributed by atoms with Crippen molar-refractivity contribution < 1.29 is 4.42 Å². The predicted molar refractivity (Wildman–Crippen MR) is 38.6 cm³/mol. The molecule has 0 aliphatic heterocycles. The molecule has 3 heteroatoms. The number of hydrogen-bond donors (Lipinski definition) is 0. The van der Waals surface area contributed by atoms with Gasteiger partial charge >= 0.3 is 0 Å². The van der Waals surface area contributed by atoms with Crippen LogP contribution in [-0.2, 0) is 0 Å². The first-order chi connectivity index (χ1) is 5.47. The summed E-state index contributed by atoms with van der Waals surface area (Å²) in [6, 6.07) is 3.55. The second-order valence-corrected chi connectivity index (χ2v) is 2.01. The standard InChI is InChI=1S/C8H5N2O/c1-3-9-4-2-7(1)8-10-5-6-11-8/h1-3,5-6H. The Morgan fingerprint density at radius 1 is 1.36 bits per heavy atom. The molecule has 1 radical (unpaired) electrons. The Bertz CT molecular complexity index is 315. The fourth-order valence-corrected chi connectivity index (χ4v) is 0.815. The van der Waals surface area contributed by atoms with Crippen LogP contribution in [0.5, 0.6) is 0 Å². The summed E-state index contributed by atoms with van der Waals surface area (Å²) in [6.45, 7) is 0. The highest BCUT2D eigenvalue weighted by Crippen LogP contribution is 2.13. The molecule has 0 spiro atoms. The van der Waals surface area contributed by atoms with E-state index in [1.165, 1.54) is 6.26 Å². The van der Waals surface area contributed by atoms with Gasteiger partial charge in [0.25, 0.3) is 0 Å². The van der Waals surface area contributed by atoms with Gasteiger partial charge in [-0.1, -0.05) is 0 Å². The van der Waals surface area contributed by atoms with E-state index >= 15 is 0 Å². The second kappa shape index (κ2) is 2.54. The van der Waals surface area contributed by atoms with Crippen LogP contribution in [0.2, 0.25) is 0 Å². The number of nitrogens with zero attached hydrogens (tertiary/aromatic N) is 2. The minimum atomic E-state index is 0.601. The van der Waals surface area contributed by atoms with Gasteiger partial charge in [-0.15, -0.1) is 0 Å². The number of rotatable bonds is 1. The molecule has 3 nitrogen and oxygen atoms in total. The Morgan fingerprint density at radius 3 is 3.00 bits per heavy atom. The number of pyridine rings is 1. The van der Waals surface area contributed by atoms with Crippen LogP contribution in [0.15, 0.2) is 35.2 Å². The maximum atomic E-state index is 5.06. The van der Waals surface area contributed by atoms with Crippen molar-refractivity contribution in [3.05, 3.63) is 37.0 Å². The zero-order valence-electron chi connectivity index (χ0n) is 5.69. The third kappa shape index (κ3) is 1.12. The van der Waals surface area contributed by atoms with Crippen molar-refractivity contribution >= 4 is 0 Å². The van der Waals surface area contributed by atoms with E-state index in [1.807, 2.05) is 6.07 Å². The number of hydrogen-bond acceptors (Lipinski definition) is 3. The molecule has 2 rings (SSSR count). The second-order valence-electron chi connectivity index (χ2n) is 2.01. The zero-order chi connectivity index (χ0) is 7.52. The van der Waals surface area contributed by atoms with E-state index in [1.54, 1.807) is 18.5 Å². The molecule has 0 fully saturated rings. The average Bonchev–Trinajstić information content (AvgIpc) is 2.58. The van der Waals surface area contributed by atoms with Crippen LogP contribution >= 0.6 is 0 Å². The van der Waals surface area contributed by atoms with E-state index in [0.29, 0.717) is 5.89 Å². The molecule has 0 N–H and O–H groups in total. The Balaban J connectivity index is 2.46. The normalized spacial score (nSPS) is 9.82. The maximum Gasteiger partial charge on any atom is 0.225 e. The Kier molecular flexibility index (Phi) is 1.41. The predicted octanol–water partition coefficient (Wildman–Crippen LogP) is 1.54. The topological polar surface area (TPSA) is 38.9 Å². The largest absolute Gasteiger partial charge is 0.445 e. The van der Waals surface area contributed by atoms with Crippen molar-refractivity contribution in [2.24, 2.45) is 0 Å². The Labute approximate surface area is 63.7 Å². The lowest BCUT2D eigenvalue weighted by Crippen LogP contribution is -1.76. The molecule has 0 aliphatic carbocycles. The molecule has 2 aromatic heterocycles. The van der Waals surface area contributed by atoms with Gasteiger partial charge in [-0.05, 0) is 12.1 Å². The third-order valence-corrected chi connectivity index (χ3v) is 1.30. The monoisotopic (exact) mass is 145 g/mol. The summed E-state index contributed by atoms with van der Waals surface area (Å²) >= 11 is 0. The van der Waals surface area contributed by atoms with Crippen molar-refractivity contribution in [3.63, 3.8) is 0 Å². The van der Waals surface area contributed by atoms with Gasteiger partial charge in [0, 0.05) is 11.8 Å². The third-order valence-electron chi connectivity index (χ3n) is 1.30. The summed E-state index contributed by atoms with van der Waals surface area (Å²) in [5, 5.41) is 0. The number of aromatic nitrogens is 2. The average molecular weight is 145 g/mol. The molecular formula is C8H5N2O. The van der Waals surface area contributed by atoms with Crippen molar-refractivity contribution in [1.29, 1.82) is 0 Å². The fraction of sp³-hybridized carbons (Fsp3) is 0. The molecule has 0 aliphatic rings. The summed E-state index contributed by atoms with van der Waals surface area (Å²) in [7, 11) is 0. The van der Waals surface area contributed by atoms with Gasteiger partial charge < -0.3 is 4.42 Å².